The third-order valence-corrected chi connectivity index (χ3v) is 4.05. The van der Waals surface area contributed by atoms with E-state index in [9.17, 15) is 9.59 Å². The molecule has 1 aliphatic heterocycles. The van der Waals surface area contributed by atoms with Crippen LogP contribution in [-0.4, -0.2) is 36.8 Å². The number of carbonyl (C=O) groups excluding carboxylic acids is 1. The maximum Gasteiger partial charge on any atom is 0.263 e. The zero-order valence-electron chi connectivity index (χ0n) is 12.0. The van der Waals surface area contributed by atoms with Crippen LogP contribution < -0.4 is 16.2 Å². The van der Waals surface area contributed by atoms with E-state index in [0.717, 1.165) is 16.6 Å². The molecule has 0 radical (unpaired) electrons. The van der Waals surface area contributed by atoms with Crippen LogP contribution in [0.5, 0.6) is 0 Å². The highest BCUT2D eigenvalue weighted by Gasteiger charge is 2.23. The van der Waals surface area contributed by atoms with Gasteiger partial charge in [0.25, 0.3) is 11.5 Å². The second kappa shape index (κ2) is 4.89. The molecule has 0 aliphatic carbocycles. The highest BCUT2D eigenvalue weighted by Crippen LogP contribution is 2.24. The maximum absolute atomic E-state index is 12.1. The van der Waals surface area contributed by atoms with E-state index in [-0.39, 0.29) is 11.1 Å². The Bertz CT molecular complexity index is 778. The molecule has 2 aromatic rings. The molecule has 0 atom stereocenters. The molecular weight excluding hydrogens is 270 g/mol. The largest absolute Gasteiger partial charge is 0.377 e. The fourth-order valence-corrected chi connectivity index (χ4v) is 2.51. The predicted octanol–water partition coefficient (Wildman–Crippen LogP) is 0.472. The van der Waals surface area contributed by atoms with Crippen LogP contribution in [0.3, 0.4) is 0 Å². The summed E-state index contributed by atoms with van der Waals surface area (Å²) in [5, 5.41) is 0.813. The Morgan fingerprint density at radius 3 is 2.67 bits per heavy atom. The van der Waals surface area contributed by atoms with Gasteiger partial charge in [-0.1, -0.05) is 6.07 Å². The average molecular weight is 287 g/mol. The quantitative estimate of drug-likeness (QED) is 0.890. The average Bonchev–Trinajstić information content (AvgIpc) is 2.40. The van der Waals surface area contributed by atoms with E-state index >= 15 is 0 Å². The molecule has 2 heterocycles. The molecule has 2 N–H and O–H groups in total. The molecule has 0 spiro atoms. The summed E-state index contributed by atoms with van der Waals surface area (Å²) in [6, 6.07) is 7.72. The molecular formula is C15H17N3O3. The van der Waals surface area contributed by atoms with E-state index < -0.39 is 5.91 Å². The number of ether oxygens (including phenoxy) is 1. The third kappa shape index (κ3) is 2.17. The van der Waals surface area contributed by atoms with E-state index in [1.807, 2.05) is 25.2 Å². The number of anilines is 1. The Balaban J connectivity index is 2.13. The Kier molecular flexibility index (Phi) is 3.17. The first-order valence-electron chi connectivity index (χ1n) is 6.73. The van der Waals surface area contributed by atoms with E-state index in [4.69, 9.17) is 10.5 Å². The molecule has 21 heavy (non-hydrogen) atoms. The molecule has 0 unspecified atom stereocenters. The molecule has 0 bridgehead atoms. The lowest BCUT2D eigenvalue weighted by Gasteiger charge is -2.36. The summed E-state index contributed by atoms with van der Waals surface area (Å²) in [5.41, 5.74) is 6.67. The number of hydrogen-bond acceptors (Lipinski definition) is 4. The zero-order chi connectivity index (χ0) is 15.1. The fourth-order valence-electron chi connectivity index (χ4n) is 2.51. The topological polar surface area (TPSA) is 77.6 Å². The summed E-state index contributed by atoms with van der Waals surface area (Å²) in [4.78, 5) is 25.6. The van der Waals surface area contributed by atoms with E-state index in [1.165, 1.54) is 4.57 Å². The summed E-state index contributed by atoms with van der Waals surface area (Å²) in [6.45, 7) is 1.43. The molecule has 1 aromatic heterocycles. The van der Waals surface area contributed by atoms with Crippen LogP contribution in [0.2, 0.25) is 0 Å². The van der Waals surface area contributed by atoms with Gasteiger partial charge in [0.15, 0.2) is 0 Å². The number of carbonyl (C=O) groups is 1. The second-order valence-corrected chi connectivity index (χ2v) is 5.33. The van der Waals surface area contributed by atoms with Crippen molar-refractivity contribution in [2.75, 3.05) is 25.2 Å². The van der Waals surface area contributed by atoms with Crippen molar-refractivity contribution in [3.05, 3.63) is 40.2 Å². The summed E-state index contributed by atoms with van der Waals surface area (Å²) in [6.07, 6.45) is 0. The summed E-state index contributed by atoms with van der Waals surface area (Å²) in [5.74, 6) is -0.703. The number of amides is 1. The minimum absolute atomic E-state index is 0.0125. The molecule has 0 saturated carbocycles. The molecule has 1 aliphatic rings. The fraction of sp³-hybridized carbons (Fsp3) is 0.333. The van der Waals surface area contributed by atoms with Gasteiger partial charge in [0, 0.05) is 19.8 Å². The summed E-state index contributed by atoms with van der Waals surface area (Å²) in [7, 11) is 3.65. The van der Waals surface area contributed by atoms with Crippen LogP contribution in [0.15, 0.2) is 29.1 Å². The van der Waals surface area contributed by atoms with Gasteiger partial charge in [-0.2, -0.15) is 0 Å². The zero-order valence-corrected chi connectivity index (χ0v) is 12.0. The number of rotatable bonds is 3. The van der Waals surface area contributed by atoms with Crippen molar-refractivity contribution >= 4 is 22.5 Å². The number of pyridine rings is 1. The van der Waals surface area contributed by atoms with Crippen molar-refractivity contribution in [1.29, 1.82) is 0 Å². The van der Waals surface area contributed by atoms with Crippen molar-refractivity contribution in [2.24, 2.45) is 12.8 Å². The molecule has 6 nitrogen and oxygen atoms in total. The molecule has 110 valence electrons. The maximum atomic E-state index is 12.1. The molecule has 1 fully saturated rings. The van der Waals surface area contributed by atoms with Crippen LogP contribution in [0.25, 0.3) is 10.9 Å². The van der Waals surface area contributed by atoms with Gasteiger partial charge < -0.3 is 19.9 Å². The molecule has 1 saturated heterocycles. The number of aromatic nitrogens is 1. The lowest BCUT2D eigenvalue weighted by Crippen LogP contribution is -2.47. The van der Waals surface area contributed by atoms with Crippen LogP contribution >= 0.6 is 0 Å². The SMILES string of the molecule is CN(c1ccc2cc(C(N)=O)c(=O)n(C)c2c1)C1COC1. The number of fused-ring (bicyclic) bond motifs is 1. The Morgan fingerprint density at radius 1 is 1.38 bits per heavy atom. The Labute approximate surface area is 121 Å². The highest BCUT2D eigenvalue weighted by atomic mass is 16.5. The van der Waals surface area contributed by atoms with Crippen LogP contribution in [0.1, 0.15) is 10.4 Å². The third-order valence-electron chi connectivity index (χ3n) is 4.05. The number of nitrogens with zero attached hydrogens (tertiary/aromatic N) is 2. The van der Waals surface area contributed by atoms with E-state index in [1.54, 1.807) is 13.1 Å². The van der Waals surface area contributed by atoms with Gasteiger partial charge in [-0.15, -0.1) is 0 Å². The van der Waals surface area contributed by atoms with Gasteiger partial charge in [-0.25, -0.2) is 0 Å². The number of aryl methyl sites for hydroxylation is 1. The van der Waals surface area contributed by atoms with Gasteiger partial charge in [0.2, 0.25) is 0 Å². The number of primary amides is 1. The molecule has 3 rings (SSSR count). The number of nitrogens with two attached hydrogens (primary N) is 1. The van der Waals surface area contributed by atoms with Crippen LogP contribution in [-0.2, 0) is 11.8 Å². The van der Waals surface area contributed by atoms with Gasteiger partial charge in [-0.05, 0) is 23.6 Å². The van der Waals surface area contributed by atoms with Crippen molar-refractivity contribution < 1.29 is 9.53 Å². The number of hydrogen-bond donors (Lipinski definition) is 1. The Hall–Kier alpha value is -2.34. The first-order valence-corrected chi connectivity index (χ1v) is 6.73. The minimum Gasteiger partial charge on any atom is -0.377 e. The normalized spacial score (nSPS) is 15.0. The summed E-state index contributed by atoms with van der Waals surface area (Å²) < 4.78 is 6.66. The van der Waals surface area contributed by atoms with Gasteiger partial charge >= 0.3 is 0 Å². The monoisotopic (exact) mass is 287 g/mol. The first kappa shape index (κ1) is 13.6. The van der Waals surface area contributed by atoms with Crippen molar-refractivity contribution in [2.45, 2.75) is 6.04 Å². The second-order valence-electron chi connectivity index (χ2n) is 5.33. The van der Waals surface area contributed by atoms with Crippen LogP contribution in [0.4, 0.5) is 5.69 Å². The molecule has 1 amide bonds. The number of likely N-dealkylation sites (N-methyl/N-ethyl adjacent to an activating group) is 1. The van der Waals surface area contributed by atoms with Gasteiger partial charge in [0.1, 0.15) is 5.56 Å². The smallest absolute Gasteiger partial charge is 0.263 e. The standard InChI is InChI=1S/C15H17N3O3/c1-17(11-7-21-8-11)10-4-3-9-5-12(14(16)19)15(20)18(2)13(9)6-10/h3-6,11H,7-8H2,1-2H3,(H2,16,19). The predicted molar refractivity (Wildman–Crippen MR) is 80.7 cm³/mol. The first-order chi connectivity index (χ1) is 9.99. The van der Waals surface area contributed by atoms with Crippen molar-refractivity contribution in [1.82, 2.24) is 4.57 Å². The molecule has 6 heteroatoms. The summed E-state index contributed by atoms with van der Waals surface area (Å²) >= 11 is 0. The Morgan fingerprint density at radius 2 is 2.10 bits per heavy atom. The number of benzene rings is 1. The van der Waals surface area contributed by atoms with Gasteiger partial charge in [0.05, 0.1) is 24.8 Å². The van der Waals surface area contributed by atoms with E-state index in [0.29, 0.717) is 19.3 Å². The van der Waals surface area contributed by atoms with Gasteiger partial charge in [-0.3, -0.25) is 9.59 Å². The van der Waals surface area contributed by atoms with Crippen molar-refractivity contribution in [3.63, 3.8) is 0 Å². The minimum atomic E-state index is -0.703. The lowest BCUT2D eigenvalue weighted by atomic mass is 10.1. The highest BCUT2D eigenvalue weighted by molar-refractivity contribution is 5.96. The van der Waals surface area contributed by atoms with E-state index in [2.05, 4.69) is 4.90 Å². The lowest BCUT2D eigenvalue weighted by molar-refractivity contribution is 0.0101. The molecule has 1 aromatic carbocycles. The van der Waals surface area contributed by atoms with Crippen molar-refractivity contribution in [3.8, 4) is 0 Å². The van der Waals surface area contributed by atoms with Crippen LogP contribution in [0, 0.1) is 0 Å².